The van der Waals surface area contributed by atoms with Crippen LogP contribution in [0.2, 0.25) is 0 Å². The summed E-state index contributed by atoms with van der Waals surface area (Å²) in [5.41, 5.74) is 1.33. The van der Waals surface area contributed by atoms with Crippen molar-refractivity contribution in [3.05, 3.63) is 22.9 Å². The minimum atomic E-state index is -0.179. The maximum atomic E-state index is 11.2. The highest BCUT2D eigenvalue weighted by Crippen LogP contribution is 2.38. The highest BCUT2D eigenvalue weighted by atomic mass is 32.1. The Morgan fingerprint density at radius 3 is 2.83 bits per heavy atom. The van der Waals surface area contributed by atoms with Gasteiger partial charge in [-0.2, -0.15) is 4.99 Å². The van der Waals surface area contributed by atoms with Crippen LogP contribution in [0.25, 0.3) is 0 Å². The number of aliphatic imine (C=N–C) groups is 1. The van der Waals surface area contributed by atoms with Gasteiger partial charge in [0.1, 0.15) is 5.70 Å². The van der Waals surface area contributed by atoms with E-state index in [9.17, 15) is 9.59 Å². The number of rotatable bonds is 1. The number of carbonyl (C=O) groups is 2. The lowest BCUT2D eigenvalue weighted by Crippen LogP contribution is -2.05. The number of hydrogen-bond donors (Lipinski definition) is 0. The van der Waals surface area contributed by atoms with Gasteiger partial charge in [-0.05, 0) is 12.2 Å². The molecule has 0 unspecified atom stereocenters. The summed E-state index contributed by atoms with van der Waals surface area (Å²) in [7, 11) is 0. The molecule has 2 aliphatic rings. The van der Waals surface area contributed by atoms with E-state index in [0.717, 1.165) is 0 Å². The molecule has 0 amide bonds. The fourth-order valence-corrected chi connectivity index (χ4v) is 1.25. The summed E-state index contributed by atoms with van der Waals surface area (Å²) in [6.45, 7) is 0. The molecule has 0 aromatic rings. The predicted octanol–water partition coefficient (Wildman–Crippen LogP) is 0.825. The van der Waals surface area contributed by atoms with Crippen LogP contribution < -0.4 is 0 Å². The second kappa shape index (κ2) is 2.30. The number of isothiocyanates is 1. The van der Waals surface area contributed by atoms with Gasteiger partial charge < -0.3 is 0 Å². The van der Waals surface area contributed by atoms with Gasteiger partial charge in [-0.1, -0.05) is 0 Å². The van der Waals surface area contributed by atoms with Crippen LogP contribution in [-0.4, -0.2) is 16.7 Å². The smallest absolute Gasteiger partial charge is 0.209 e. The van der Waals surface area contributed by atoms with Gasteiger partial charge in [-0.15, -0.1) is 0 Å². The molecule has 3 nitrogen and oxygen atoms in total. The summed E-state index contributed by atoms with van der Waals surface area (Å²) in [5, 5.41) is 2.07. The highest BCUT2D eigenvalue weighted by Gasteiger charge is 2.38. The maximum absolute atomic E-state index is 11.2. The SMILES string of the molecule is O=C1C=C(N=C=S)C(=O)C2=C1C2. The zero-order valence-electron chi connectivity index (χ0n) is 5.96. The molecule has 0 aromatic heterocycles. The van der Waals surface area contributed by atoms with Crippen molar-refractivity contribution < 1.29 is 9.59 Å². The molecule has 0 N–H and O–H groups in total. The second-order valence-corrected chi connectivity index (χ2v) is 2.74. The van der Waals surface area contributed by atoms with E-state index in [0.29, 0.717) is 17.6 Å². The number of carbonyl (C=O) groups excluding carboxylic acids is 2. The number of hydrogen-bond acceptors (Lipinski definition) is 4. The van der Waals surface area contributed by atoms with E-state index in [2.05, 4.69) is 22.4 Å². The molecule has 0 radical (unpaired) electrons. The number of allylic oxidation sites excluding steroid dienone is 3. The van der Waals surface area contributed by atoms with Crippen molar-refractivity contribution in [3.8, 4) is 0 Å². The van der Waals surface area contributed by atoms with Crippen molar-refractivity contribution >= 4 is 28.9 Å². The van der Waals surface area contributed by atoms with E-state index >= 15 is 0 Å². The summed E-state index contributed by atoms with van der Waals surface area (Å²) in [6.07, 6.45) is 1.73. The quantitative estimate of drug-likeness (QED) is 0.338. The summed E-state index contributed by atoms with van der Waals surface area (Å²) in [6, 6.07) is 0. The summed E-state index contributed by atoms with van der Waals surface area (Å²) >= 11 is 4.34. The molecule has 0 aliphatic heterocycles. The molecule has 58 valence electrons. The fourth-order valence-electron chi connectivity index (χ4n) is 1.15. The van der Waals surface area contributed by atoms with Crippen molar-refractivity contribution in [2.75, 3.05) is 0 Å². The van der Waals surface area contributed by atoms with Crippen LogP contribution in [-0.2, 0) is 9.59 Å². The lowest BCUT2D eigenvalue weighted by atomic mass is 10.1. The molecule has 0 heterocycles. The molecule has 0 bridgehead atoms. The van der Waals surface area contributed by atoms with Gasteiger partial charge >= 0.3 is 0 Å². The molecule has 0 spiro atoms. The lowest BCUT2D eigenvalue weighted by Gasteiger charge is -1.96. The number of thiocarbonyl (C=S) groups is 1. The zero-order valence-corrected chi connectivity index (χ0v) is 6.77. The molecule has 4 heteroatoms. The monoisotopic (exact) mass is 177 g/mol. The Morgan fingerprint density at radius 2 is 2.17 bits per heavy atom. The number of Topliss-reactive ketones (excluding diaryl/α,β-unsaturated/α-hetero) is 1. The van der Waals surface area contributed by atoms with Crippen molar-refractivity contribution in [2.24, 2.45) is 4.99 Å². The van der Waals surface area contributed by atoms with Gasteiger partial charge in [0.25, 0.3) is 0 Å². The Labute approximate surface area is 73.5 Å². The normalized spacial score (nSPS) is 19.8. The van der Waals surface area contributed by atoms with Crippen LogP contribution in [0.15, 0.2) is 27.9 Å². The van der Waals surface area contributed by atoms with Gasteiger partial charge in [0.2, 0.25) is 5.78 Å². The van der Waals surface area contributed by atoms with Crippen LogP contribution in [0.4, 0.5) is 0 Å². The molecule has 0 fully saturated rings. The predicted molar refractivity (Wildman–Crippen MR) is 44.8 cm³/mol. The Balaban J connectivity index is 2.43. The van der Waals surface area contributed by atoms with Crippen LogP contribution in [0.5, 0.6) is 0 Å². The molecular weight excluding hydrogens is 174 g/mol. The van der Waals surface area contributed by atoms with Gasteiger partial charge in [-0.3, -0.25) is 9.59 Å². The van der Waals surface area contributed by atoms with E-state index in [1.165, 1.54) is 6.08 Å². The average Bonchev–Trinajstić information content (AvgIpc) is 2.79. The first-order chi connectivity index (χ1) is 5.74. The van der Waals surface area contributed by atoms with Gasteiger partial charge in [0.15, 0.2) is 5.78 Å². The Bertz CT molecular complexity index is 411. The summed E-state index contributed by atoms with van der Waals surface area (Å²) in [5.74, 6) is -0.296. The summed E-state index contributed by atoms with van der Waals surface area (Å²) < 4.78 is 0. The third-order valence-electron chi connectivity index (χ3n) is 1.83. The Kier molecular flexibility index (Phi) is 1.40. The zero-order chi connectivity index (χ0) is 8.72. The van der Waals surface area contributed by atoms with E-state index in [4.69, 9.17) is 0 Å². The van der Waals surface area contributed by atoms with Crippen LogP contribution >= 0.6 is 12.2 Å². The van der Waals surface area contributed by atoms with E-state index in [1.807, 2.05) is 0 Å². The van der Waals surface area contributed by atoms with E-state index in [1.54, 1.807) is 0 Å². The minimum Gasteiger partial charge on any atom is -0.290 e. The van der Waals surface area contributed by atoms with Gasteiger partial charge in [0.05, 0.1) is 5.16 Å². The van der Waals surface area contributed by atoms with Crippen molar-refractivity contribution in [3.63, 3.8) is 0 Å². The molecule has 0 atom stereocenters. The van der Waals surface area contributed by atoms with Crippen LogP contribution in [0.3, 0.4) is 0 Å². The van der Waals surface area contributed by atoms with Crippen molar-refractivity contribution in [1.82, 2.24) is 0 Å². The first-order valence-corrected chi connectivity index (χ1v) is 3.75. The fraction of sp³-hybridized carbons (Fsp3) is 0.125. The maximum Gasteiger partial charge on any atom is 0.209 e. The minimum absolute atomic E-state index is 0.117. The molecule has 0 aromatic carbocycles. The Hall–Kier alpha value is -1.38. The molecule has 0 saturated carbocycles. The number of ketones is 2. The second-order valence-electron chi connectivity index (χ2n) is 2.56. The van der Waals surface area contributed by atoms with E-state index in [-0.39, 0.29) is 17.3 Å². The average molecular weight is 177 g/mol. The van der Waals surface area contributed by atoms with Crippen LogP contribution in [0.1, 0.15) is 6.42 Å². The van der Waals surface area contributed by atoms with E-state index < -0.39 is 0 Å². The molecule has 2 rings (SSSR count). The molecular formula is C8H3NO2S. The third-order valence-corrected chi connectivity index (χ3v) is 1.92. The van der Waals surface area contributed by atoms with Gasteiger partial charge in [0, 0.05) is 23.6 Å². The molecule has 0 saturated heterocycles. The first kappa shape index (κ1) is 7.28. The topological polar surface area (TPSA) is 46.5 Å². The Morgan fingerprint density at radius 1 is 1.42 bits per heavy atom. The van der Waals surface area contributed by atoms with Crippen molar-refractivity contribution in [2.45, 2.75) is 6.42 Å². The van der Waals surface area contributed by atoms with Crippen molar-refractivity contribution in [1.29, 1.82) is 0 Å². The highest BCUT2D eigenvalue weighted by molar-refractivity contribution is 7.78. The molecule has 2 aliphatic carbocycles. The van der Waals surface area contributed by atoms with Gasteiger partial charge in [-0.25, -0.2) is 0 Å². The molecule has 12 heavy (non-hydrogen) atoms. The first-order valence-electron chi connectivity index (χ1n) is 3.34. The largest absolute Gasteiger partial charge is 0.290 e. The third kappa shape index (κ3) is 0.897. The summed E-state index contributed by atoms with van der Waals surface area (Å²) in [4.78, 5) is 25.8. The number of nitrogens with zero attached hydrogens (tertiary/aromatic N) is 1. The van der Waals surface area contributed by atoms with Crippen LogP contribution in [0, 0.1) is 0 Å². The standard InChI is InChI=1S/C8H3NO2S/c10-7-2-6(9-3-12)8(11)5-1-4(5)7/h2H,1H2. The lowest BCUT2D eigenvalue weighted by molar-refractivity contribution is -0.114.